The van der Waals surface area contributed by atoms with Gasteiger partial charge in [-0.05, 0) is 56.4 Å². The summed E-state index contributed by atoms with van der Waals surface area (Å²) in [7, 11) is -3.37. The Bertz CT molecular complexity index is 523. The zero-order valence-electron chi connectivity index (χ0n) is 9.90. The number of nitrogens with one attached hydrogen (secondary N) is 1. The molecule has 0 bridgehead atoms. The zero-order chi connectivity index (χ0) is 12.6. The predicted molar refractivity (Wildman–Crippen MR) is 71.4 cm³/mol. The van der Waals surface area contributed by atoms with Gasteiger partial charge in [0.2, 0.25) is 10.0 Å². The molecule has 2 rings (SSSR count). The summed E-state index contributed by atoms with van der Waals surface area (Å²) in [5, 5.41) is 0. The molecule has 1 aliphatic rings. The minimum atomic E-state index is -3.37. The van der Waals surface area contributed by atoms with E-state index in [1.165, 1.54) is 0 Å². The third-order valence-corrected chi connectivity index (χ3v) is 5.56. The number of halogens is 1. The molecular formula is C12H16BrNO2S. The Hall–Kier alpha value is -0.390. The number of hydrogen-bond acceptors (Lipinski definition) is 2. The number of rotatable bonds is 4. The van der Waals surface area contributed by atoms with Crippen LogP contribution in [-0.2, 0) is 10.0 Å². The molecule has 1 atom stereocenters. The average Bonchev–Trinajstić information content (AvgIpc) is 3.04. The van der Waals surface area contributed by atoms with Crippen molar-refractivity contribution in [3.8, 4) is 0 Å². The predicted octanol–water partition coefficient (Wildman–Crippen LogP) is 2.83. The number of benzene rings is 1. The Morgan fingerprint density at radius 3 is 2.59 bits per heavy atom. The van der Waals surface area contributed by atoms with E-state index in [0.717, 1.165) is 22.9 Å². The van der Waals surface area contributed by atoms with Gasteiger partial charge < -0.3 is 0 Å². The first-order valence-corrected chi connectivity index (χ1v) is 7.96. The highest BCUT2D eigenvalue weighted by atomic mass is 79.9. The summed E-state index contributed by atoms with van der Waals surface area (Å²) in [5.41, 5.74) is 0.923. The van der Waals surface area contributed by atoms with Crippen LogP contribution in [0.3, 0.4) is 0 Å². The molecule has 0 aromatic heterocycles. The lowest BCUT2D eigenvalue weighted by Crippen LogP contribution is -2.34. The van der Waals surface area contributed by atoms with E-state index in [1.54, 1.807) is 18.2 Å². The Labute approximate surface area is 111 Å². The molecule has 1 aliphatic carbocycles. The highest BCUT2D eigenvalue weighted by molar-refractivity contribution is 9.10. The van der Waals surface area contributed by atoms with E-state index < -0.39 is 10.0 Å². The molecule has 1 aromatic carbocycles. The molecule has 0 radical (unpaired) electrons. The van der Waals surface area contributed by atoms with Crippen molar-refractivity contribution in [2.75, 3.05) is 0 Å². The second-order valence-electron chi connectivity index (χ2n) is 4.66. The molecule has 0 aliphatic heterocycles. The van der Waals surface area contributed by atoms with Crippen LogP contribution in [-0.4, -0.2) is 14.5 Å². The van der Waals surface area contributed by atoms with E-state index in [9.17, 15) is 8.42 Å². The van der Waals surface area contributed by atoms with Crippen LogP contribution in [0.15, 0.2) is 27.6 Å². The standard InChI is InChI=1S/C12H16BrNO2S/c1-8-7-11(5-6-12(8)13)17(15,16)14-9(2)10-3-4-10/h5-7,9-10,14H,3-4H2,1-2H3/t9-/m0/s1. The Balaban J connectivity index is 2.21. The normalized spacial score (nSPS) is 18.1. The molecule has 0 spiro atoms. The summed E-state index contributed by atoms with van der Waals surface area (Å²) < 4.78 is 27.9. The highest BCUT2D eigenvalue weighted by Crippen LogP contribution is 2.33. The first-order chi connectivity index (χ1) is 7.90. The third-order valence-electron chi connectivity index (χ3n) is 3.11. The lowest BCUT2D eigenvalue weighted by atomic mass is 10.2. The first-order valence-electron chi connectivity index (χ1n) is 5.68. The van der Waals surface area contributed by atoms with Crippen molar-refractivity contribution in [2.45, 2.75) is 37.6 Å². The van der Waals surface area contributed by atoms with E-state index >= 15 is 0 Å². The van der Waals surface area contributed by atoms with Crippen LogP contribution in [0.25, 0.3) is 0 Å². The van der Waals surface area contributed by atoms with Gasteiger partial charge in [0.25, 0.3) is 0 Å². The van der Waals surface area contributed by atoms with Crippen molar-refractivity contribution in [3.63, 3.8) is 0 Å². The lowest BCUT2D eigenvalue weighted by Gasteiger charge is -2.13. The van der Waals surface area contributed by atoms with Crippen LogP contribution >= 0.6 is 15.9 Å². The largest absolute Gasteiger partial charge is 0.240 e. The van der Waals surface area contributed by atoms with Crippen molar-refractivity contribution in [2.24, 2.45) is 5.92 Å². The SMILES string of the molecule is Cc1cc(S(=O)(=O)N[C@@H](C)C2CC2)ccc1Br. The highest BCUT2D eigenvalue weighted by Gasteiger charge is 2.31. The van der Waals surface area contributed by atoms with E-state index in [-0.39, 0.29) is 6.04 Å². The van der Waals surface area contributed by atoms with Crippen LogP contribution < -0.4 is 4.72 Å². The third kappa shape index (κ3) is 3.09. The van der Waals surface area contributed by atoms with E-state index in [2.05, 4.69) is 20.7 Å². The van der Waals surface area contributed by atoms with Gasteiger partial charge in [0.1, 0.15) is 0 Å². The molecule has 0 saturated heterocycles. The molecule has 94 valence electrons. The number of sulfonamides is 1. The van der Waals surface area contributed by atoms with Gasteiger partial charge in [-0.1, -0.05) is 15.9 Å². The van der Waals surface area contributed by atoms with Gasteiger partial charge in [-0.2, -0.15) is 0 Å². The maximum atomic E-state index is 12.1. The average molecular weight is 318 g/mol. The molecule has 1 aromatic rings. The smallest absolute Gasteiger partial charge is 0.208 e. The summed E-state index contributed by atoms with van der Waals surface area (Å²) in [6, 6.07) is 5.11. The molecule has 5 heteroatoms. The second kappa shape index (κ2) is 4.71. The Morgan fingerprint density at radius 1 is 1.41 bits per heavy atom. The molecule has 0 heterocycles. The summed E-state index contributed by atoms with van der Waals surface area (Å²) in [4.78, 5) is 0.339. The van der Waals surface area contributed by atoms with Gasteiger partial charge in [-0.3, -0.25) is 0 Å². The molecule has 0 amide bonds. The van der Waals surface area contributed by atoms with Crippen molar-refractivity contribution in [1.29, 1.82) is 0 Å². The van der Waals surface area contributed by atoms with E-state index in [1.807, 2.05) is 13.8 Å². The Kier molecular flexibility index (Phi) is 3.61. The molecule has 1 saturated carbocycles. The molecule has 17 heavy (non-hydrogen) atoms. The van der Waals surface area contributed by atoms with Gasteiger partial charge in [0.15, 0.2) is 0 Å². The topological polar surface area (TPSA) is 46.2 Å². The van der Waals surface area contributed by atoms with E-state index in [0.29, 0.717) is 10.8 Å². The fourth-order valence-corrected chi connectivity index (χ4v) is 3.43. The first kappa shape index (κ1) is 13.1. The van der Waals surface area contributed by atoms with Crippen molar-refractivity contribution < 1.29 is 8.42 Å². The fourth-order valence-electron chi connectivity index (χ4n) is 1.79. The van der Waals surface area contributed by atoms with Crippen molar-refractivity contribution >= 4 is 26.0 Å². The lowest BCUT2D eigenvalue weighted by molar-refractivity contribution is 0.538. The molecule has 1 N–H and O–H groups in total. The summed E-state index contributed by atoms with van der Waals surface area (Å²) >= 11 is 3.36. The van der Waals surface area contributed by atoms with Crippen LogP contribution in [0.4, 0.5) is 0 Å². The van der Waals surface area contributed by atoms with Crippen LogP contribution in [0, 0.1) is 12.8 Å². The number of aryl methyl sites for hydroxylation is 1. The quantitative estimate of drug-likeness (QED) is 0.928. The number of hydrogen-bond donors (Lipinski definition) is 1. The van der Waals surface area contributed by atoms with Gasteiger partial charge in [0.05, 0.1) is 4.90 Å². The van der Waals surface area contributed by atoms with Crippen LogP contribution in [0.5, 0.6) is 0 Å². The molecule has 1 fully saturated rings. The minimum Gasteiger partial charge on any atom is -0.208 e. The molecule has 3 nitrogen and oxygen atoms in total. The van der Waals surface area contributed by atoms with Crippen LogP contribution in [0.2, 0.25) is 0 Å². The zero-order valence-corrected chi connectivity index (χ0v) is 12.3. The van der Waals surface area contributed by atoms with Crippen molar-refractivity contribution in [1.82, 2.24) is 4.72 Å². The van der Waals surface area contributed by atoms with Crippen molar-refractivity contribution in [3.05, 3.63) is 28.2 Å². The minimum absolute atomic E-state index is 0.0314. The maximum absolute atomic E-state index is 12.1. The molecule has 0 unspecified atom stereocenters. The summed E-state index contributed by atoms with van der Waals surface area (Å²) in [5.74, 6) is 0.515. The summed E-state index contributed by atoms with van der Waals surface area (Å²) in [6.45, 7) is 3.81. The maximum Gasteiger partial charge on any atom is 0.240 e. The monoisotopic (exact) mass is 317 g/mol. The van der Waals surface area contributed by atoms with Crippen LogP contribution in [0.1, 0.15) is 25.3 Å². The van der Waals surface area contributed by atoms with Gasteiger partial charge in [0, 0.05) is 10.5 Å². The fraction of sp³-hybridized carbons (Fsp3) is 0.500. The second-order valence-corrected chi connectivity index (χ2v) is 7.23. The molecular weight excluding hydrogens is 302 g/mol. The van der Waals surface area contributed by atoms with Gasteiger partial charge in [-0.15, -0.1) is 0 Å². The van der Waals surface area contributed by atoms with Gasteiger partial charge in [-0.25, -0.2) is 13.1 Å². The summed E-state index contributed by atoms with van der Waals surface area (Å²) in [6.07, 6.45) is 2.26. The Morgan fingerprint density at radius 2 is 2.06 bits per heavy atom. The van der Waals surface area contributed by atoms with Gasteiger partial charge >= 0.3 is 0 Å². The van der Waals surface area contributed by atoms with E-state index in [4.69, 9.17) is 0 Å².